The van der Waals surface area contributed by atoms with E-state index >= 15 is 0 Å². The Kier molecular flexibility index (Phi) is 5.35. The smallest absolute Gasteiger partial charge is 0.360 e. The number of aromatic carboxylic acids is 1. The second kappa shape index (κ2) is 7.72. The molecule has 2 aromatic rings. The second-order valence-corrected chi connectivity index (χ2v) is 6.71. The molecule has 1 aromatic heterocycles. The number of nitrogens with zero attached hydrogens (tertiary/aromatic N) is 2. The van der Waals surface area contributed by atoms with Crippen molar-refractivity contribution in [2.45, 2.75) is 20.8 Å². The van der Waals surface area contributed by atoms with Crippen LogP contribution in [0.1, 0.15) is 36.8 Å². The van der Waals surface area contributed by atoms with E-state index in [-0.39, 0.29) is 11.8 Å². The highest BCUT2D eigenvalue weighted by atomic mass is 16.5. The third-order valence-electron chi connectivity index (χ3n) is 4.85. The largest absolute Gasteiger partial charge is 0.503 e. The summed E-state index contributed by atoms with van der Waals surface area (Å²) in [6.45, 7) is 6.70. The van der Waals surface area contributed by atoms with E-state index in [2.05, 4.69) is 25.0 Å². The lowest BCUT2D eigenvalue weighted by Crippen LogP contribution is -2.21. The van der Waals surface area contributed by atoms with Crippen molar-refractivity contribution in [3.8, 4) is 11.4 Å². The highest BCUT2D eigenvalue weighted by Gasteiger charge is 2.24. The van der Waals surface area contributed by atoms with Crippen LogP contribution >= 0.6 is 0 Å². The molecule has 0 aliphatic heterocycles. The molecule has 0 amide bonds. The molecule has 7 heteroatoms. The number of para-hydroxylation sites is 1. The Hall–Kier alpha value is -3.35. The number of carboxylic acid groups (broad SMARTS) is 1. The summed E-state index contributed by atoms with van der Waals surface area (Å²) in [6.07, 6.45) is 5.20. The number of hydrogen-bond donors (Lipinski definition) is 2. The van der Waals surface area contributed by atoms with E-state index in [1.54, 1.807) is 12.1 Å². The monoisotopic (exact) mass is 382 g/mol. The fraction of sp³-hybridized carbons (Fsp3) is 0.286. The fourth-order valence-corrected chi connectivity index (χ4v) is 3.19. The van der Waals surface area contributed by atoms with Gasteiger partial charge < -0.3 is 14.9 Å². The van der Waals surface area contributed by atoms with E-state index < -0.39 is 22.8 Å². The summed E-state index contributed by atoms with van der Waals surface area (Å²) in [6, 6.07) is 7.26. The molecule has 2 N–H and O–H groups in total. The summed E-state index contributed by atoms with van der Waals surface area (Å²) >= 11 is 0. The standard InChI is InChI=1S/C21H22N2O5/c1-4-28-18-10-14(9-12(2)13(18)3)15-7-5-6-8-16(15)23-11-17(24)20(25)19(22-23)21(26)27/h5-13,24H,4H2,1-3H3,(H,26,27). The first-order valence-electron chi connectivity index (χ1n) is 9.05. The zero-order valence-electron chi connectivity index (χ0n) is 15.9. The van der Waals surface area contributed by atoms with Crippen molar-refractivity contribution in [2.24, 2.45) is 11.8 Å². The first-order chi connectivity index (χ1) is 13.3. The molecular formula is C21H22N2O5. The summed E-state index contributed by atoms with van der Waals surface area (Å²) in [4.78, 5) is 23.1. The minimum absolute atomic E-state index is 0.236. The summed E-state index contributed by atoms with van der Waals surface area (Å²) < 4.78 is 7.00. The molecule has 28 heavy (non-hydrogen) atoms. The lowest BCUT2D eigenvalue weighted by molar-refractivity contribution is 0.0686. The molecule has 2 unspecified atom stereocenters. The molecule has 1 heterocycles. The van der Waals surface area contributed by atoms with E-state index in [9.17, 15) is 19.8 Å². The maximum Gasteiger partial charge on any atom is 0.360 e. The second-order valence-electron chi connectivity index (χ2n) is 6.71. The van der Waals surface area contributed by atoms with Crippen molar-refractivity contribution in [1.29, 1.82) is 0 Å². The van der Waals surface area contributed by atoms with Crippen LogP contribution in [0.15, 0.2) is 53.2 Å². The number of allylic oxidation sites excluding steroid dienone is 4. The van der Waals surface area contributed by atoms with Crippen LogP contribution in [0.5, 0.6) is 5.75 Å². The third-order valence-corrected chi connectivity index (χ3v) is 4.85. The minimum atomic E-state index is -1.50. The van der Waals surface area contributed by atoms with E-state index in [1.807, 2.05) is 25.1 Å². The van der Waals surface area contributed by atoms with Gasteiger partial charge in [0.15, 0.2) is 5.75 Å². The van der Waals surface area contributed by atoms with Crippen LogP contribution in [0, 0.1) is 11.8 Å². The SMILES string of the molecule is CCOC1=CC(c2ccccc2-n2cc(O)c(=O)c(C(=O)O)n2)=CC(C)C1C. The van der Waals surface area contributed by atoms with E-state index in [0.29, 0.717) is 12.3 Å². The van der Waals surface area contributed by atoms with Crippen LogP contribution in [0.3, 0.4) is 0 Å². The van der Waals surface area contributed by atoms with Gasteiger partial charge in [-0.05, 0) is 30.6 Å². The Morgan fingerprint density at radius 2 is 2.00 bits per heavy atom. The van der Waals surface area contributed by atoms with Crippen molar-refractivity contribution in [3.63, 3.8) is 0 Å². The molecule has 0 bridgehead atoms. The number of hydrogen-bond acceptors (Lipinski definition) is 5. The molecule has 2 atom stereocenters. The predicted molar refractivity (Wildman–Crippen MR) is 104 cm³/mol. The fourth-order valence-electron chi connectivity index (χ4n) is 3.19. The van der Waals surface area contributed by atoms with Gasteiger partial charge in [0.05, 0.1) is 24.3 Å². The van der Waals surface area contributed by atoms with Gasteiger partial charge >= 0.3 is 5.97 Å². The Bertz CT molecular complexity index is 1040. The van der Waals surface area contributed by atoms with E-state index in [0.717, 1.165) is 23.1 Å². The Balaban J connectivity index is 2.17. The maximum atomic E-state index is 11.8. The first kappa shape index (κ1) is 19.4. The van der Waals surface area contributed by atoms with Crippen LogP contribution in [0.2, 0.25) is 0 Å². The van der Waals surface area contributed by atoms with Crippen LogP contribution in [0.4, 0.5) is 0 Å². The van der Waals surface area contributed by atoms with Gasteiger partial charge in [0, 0.05) is 11.5 Å². The van der Waals surface area contributed by atoms with Gasteiger partial charge in [-0.1, -0.05) is 38.1 Å². The molecule has 1 aliphatic carbocycles. The summed E-state index contributed by atoms with van der Waals surface area (Å²) in [7, 11) is 0. The van der Waals surface area contributed by atoms with Gasteiger partial charge in [0.25, 0.3) is 5.43 Å². The third kappa shape index (κ3) is 3.55. The van der Waals surface area contributed by atoms with Gasteiger partial charge in [0.1, 0.15) is 0 Å². The average Bonchev–Trinajstić information content (AvgIpc) is 2.67. The van der Waals surface area contributed by atoms with Crippen molar-refractivity contribution < 1.29 is 19.7 Å². The molecule has 0 saturated carbocycles. The number of aromatic nitrogens is 2. The van der Waals surface area contributed by atoms with Gasteiger partial charge in [-0.3, -0.25) is 4.79 Å². The summed E-state index contributed by atoms with van der Waals surface area (Å²) in [5, 5.41) is 23.0. The van der Waals surface area contributed by atoms with Gasteiger partial charge in [0.2, 0.25) is 5.69 Å². The molecule has 146 valence electrons. The summed E-state index contributed by atoms with van der Waals surface area (Å²) in [5.74, 6) is -0.815. The lowest BCUT2D eigenvalue weighted by atomic mass is 9.84. The number of benzene rings is 1. The highest BCUT2D eigenvalue weighted by molar-refractivity contribution is 5.85. The quantitative estimate of drug-likeness (QED) is 0.823. The van der Waals surface area contributed by atoms with E-state index in [4.69, 9.17) is 4.74 Å². The Labute approximate surface area is 162 Å². The topological polar surface area (TPSA) is 102 Å². The van der Waals surface area contributed by atoms with E-state index in [1.165, 1.54) is 4.68 Å². The van der Waals surface area contributed by atoms with Crippen molar-refractivity contribution in [3.05, 3.63) is 69.9 Å². The zero-order chi connectivity index (χ0) is 20.4. The van der Waals surface area contributed by atoms with Gasteiger partial charge in [-0.15, -0.1) is 0 Å². The van der Waals surface area contributed by atoms with Crippen LogP contribution in [-0.2, 0) is 4.74 Å². The number of carboxylic acids is 1. The molecular weight excluding hydrogens is 360 g/mol. The molecule has 1 aromatic carbocycles. The van der Waals surface area contributed by atoms with Crippen LogP contribution in [-0.4, -0.2) is 32.6 Å². The van der Waals surface area contributed by atoms with Crippen molar-refractivity contribution >= 4 is 11.5 Å². The lowest BCUT2D eigenvalue weighted by Gasteiger charge is -2.26. The average molecular weight is 382 g/mol. The number of aromatic hydroxyl groups is 1. The normalized spacial score (nSPS) is 19.0. The summed E-state index contributed by atoms with van der Waals surface area (Å²) in [5.41, 5.74) is 0.478. The Morgan fingerprint density at radius 1 is 1.29 bits per heavy atom. The predicted octanol–water partition coefficient (Wildman–Crippen LogP) is 3.23. The maximum absolute atomic E-state index is 11.8. The molecule has 3 rings (SSSR count). The molecule has 1 aliphatic rings. The number of carbonyl (C=O) groups is 1. The number of ether oxygens (including phenoxy) is 1. The Morgan fingerprint density at radius 3 is 2.68 bits per heavy atom. The van der Waals surface area contributed by atoms with Crippen LogP contribution < -0.4 is 5.43 Å². The van der Waals surface area contributed by atoms with Crippen molar-refractivity contribution in [1.82, 2.24) is 9.78 Å². The van der Waals surface area contributed by atoms with Crippen LogP contribution in [0.25, 0.3) is 11.3 Å². The molecule has 0 spiro atoms. The number of rotatable bonds is 5. The minimum Gasteiger partial charge on any atom is -0.503 e. The molecule has 0 fully saturated rings. The first-order valence-corrected chi connectivity index (χ1v) is 9.05. The molecule has 7 nitrogen and oxygen atoms in total. The molecule has 0 saturated heterocycles. The highest BCUT2D eigenvalue weighted by Crippen LogP contribution is 2.35. The van der Waals surface area contributed by atoms with Gasteiger partial charge in [-0.25, -0.2) is 9.48 Å². The van der Waals surface area contributed by atoms with Crippen molar-refractivity contribution in [2.75, 3.05) is 6.61 Å². The zero-order valence-corrected chi connectivity index (χ0v) is 15.9. The van der Waals surface area contributed by atoms with Gasteiger partial charge in [-0.2, -0.15) is 5.10 Å². The molecule has 0 radical (unpaired) electrons.